The SMILES string of the molecule is CCS(=O)(=O)CCN1C(=O)NC2(CCCCC2CN)C1=O. The second-order valence-corrected chi connectivity index (χ2v) is 8.25. The molecule has 0 radical (unpaired) electrons. The van der Waals surface area contributed by atoms with Gasteiger partial charge in [0, 0.05) is 18.2 Å². The third-order valence-corrected chi connectivity index (χ3v) is 6.31. The third kappa shape index (κ3) is 2.91. The summed E-state index contributed by atoms with van der Waals surface area (Å²) in [6.07, 6.45) is 3.25. The van der Waals surface area contributed by atoms with Gasteiger partial charge in [-0.3, -0.25) is 9.69 Å². The summed E-state index contributed by atoms with van der Waals surface area (Å²) in [5.74, 6) is -0.566. The van der Waals surface area contributed by atoms with Crippen molar-refractivity contribution in [3.8, 4) is 0 Å². The summed E-state index contributed by atoms with van der Waals surface area (Å²) in [6.45, 7) is 1.81. The number of rotatable bonds is 5. The van der Waals surface area contributed by atoms with Crippen molar-refractivity contribution in [1.29, 1.82) is 0 Å². The van der Waals surface area contributed by atoms with Crippen LogP contribution in [0.5, 0.6) is 0 Å². The molecule has 0 bridgehead atoms. The Bertz CT molecular complexity index is 534. The van der Waals surface area contributed by atoms with Crippen LogP contribution in [0.1, 0.15) is 32.6 Å². The third-order valence-electron chi connectivity index (χ3n) is 4.62. The number of carbonyl (C=O) groups excluding carboxylic acids is 2. The summed E-state index contributed by atoms with van der Waals surface area (Å²) in [4.78, 5) is 25.8. The van der Waals surface area contributed by atoms with Gasteiger partial charge in [0.05, 0.1) is 5.75 Å². The fourth-order valence-corrected chi connectivity index (χ4v) is 3.98. The van der Waals surface area contributed by atoms with E-state index in [4.69, 9.17) is 5.73 Å². The molecule has 0 aromatic carbocycles. The van der Waals surface area contributed by atoms with Gasteiger partial charge in [0.1, 0.15) is 5.54 Å². The Morgan fingerprint density at radius 2 is 2.10 bits per heavy atom. The second-order valence-electron chi connectivity index (χ2n) is 5.77. The molecule has 8 heteroatoms. The lowest BCUT2D eigenvalue weighted by Crippen LogP contribution is -2.57. The molecular weight excluding hydrogens is 294 g/mol. The summed E-state index contributed by atoms with van der Waals surface area (Å²) in [5.41, 5.74) is 4.84. The molecule has 3 N–H and O–H groups in total. The van der Waals surface area contributed by atoms with Crippen LogP contribution in [0.15, 0.2) is 0 Å². The molecule has 1 saturated carbocycles. The molecule has 1 spiro atoms. The molecule has 2 fully saturated rings. The van der Waals surface area contributed by atoms with E-state index >= 15 is 0 Å². The van der Waals surface area contributed by atoms with Crippen molar-refractivity contribution < 1.29 is 18.0 Å². The normalized spacial score (nSPS) is 30.0. The Kier molecular flexibility index (Phi) is 4.57. The number of hydrogen-bond acceptors (Lipinski definition) is 5. The predicted octanol–water partition coefficient (Wildman–Crippen LogP) is -0.139. The zero-order valence-electron chi connectivity index (χ0n) is 12.3. The molecule has 1 aliphatic carbocycles. The minimum Gasteiger partial charge on any atom is -0.330 e. The van der Waals surface area contributed by atoms with Crippen LogP contribution >= 0.6 is 0 Å². The predicted molar refractivity (Wildman–Crippen MR) is 78.3 cm³/mol. The number of amides is 3. The number of hydrogen-bond donors (Lipinski definition) is 2. The summed E-state index contributed by atoms with van der Waals surface area (Å²) in [6, 6.07) is -0.494. The number of carbonyl (C=O) groups is 2. The lowest BCUT2D eigenvalue weighted by molar-refractivity contribution is -0.134. The number of nitrogens with one attached hydrogen (secondary N) is 1. The number of nitrogens with two attached hydrogens (primary N) is 1. The monoisotopic (exact) mass is 317 g/mol. The molecule has 0 aromatic rings. The van der Waals surface area contributed by atoms with E-state index in [1.165, 1.54) is 0 Å². The smallest absolute Gasteiger partial charge is 0.325 e. The zero-order chi connectivity index (χ0) is 15.7. The Morgan fingerprint density at radius 3 is 2.71 bits per heavy atom. The second kappa shape index (κ2) is 5.92. The average Bonchev–Trinajstić information content (AvgIpc) is 2.69. The van der Waals surface area contributed by atoms with Gasteiger partial charge < -0.3 is 11.1 Å². The minimum absolute atomic E-state index is 0.00716. The van der Waals surface area contributed by atoms with Crippen molar-refractivity contribution in [2.24, 2.45) is 11.7 Å². The molecule has 0 aromatic heterocycles. The van der Waals surface area contributed by atoms with Crippen LogP contribution < -0.4 is 11.1 Å². The number of imide groups is 1. The van der Waals surface area contributed by atoms with Gasteiger partial charge in [-0.05, 0) is 19.4 Å². The van der Waals surface area contributed by atoms with Gasteiger partial charge in [-0.25, -0.2) is 13.2 Å². The largest absolute Gasteiger partial charge is 0.330 e. The van der Waals surface area contributed by atoms with E-state index in [1.807, 2.05) is 0 Å². The van der Waals surface area contributed by atoms with E-state index < -0.39 is 21.4 Å². The Hall–Kier alpha value is -1.15. The molecule has 2 atom stereocenters. The summed E-state index contributed by atoms with van der Waals surface area (Å²) < 4.78 is 23.1. The van der Waals surface area contributed by atoms with Crippen molar-refractivity contribution >= 4 is 21.8 Å². The maximum absolute atomic E-state index is 12.7. The van der Waals surface area contributed by atoms with Crippen LogP contribution in [-0.2, 0) is 14.6 Å². The maximum Gasteiger partial charge on any atom is 0.325 e. The van der Waals surface area contributed by atoms with Gasteiger partial charge >= 0.3 is 6.03 Å². The fourth-order valence-electron chi connectivity index (χ4n) is 3.23. The van der Waals surface area contributed by atoms with E-state index in [9.17, 15) is 18.0 Å². The number of sulfone groups is 1. The van der Waals surface area contributed by atoms with E-state index in [2.05, 4.69) is 5.32 Å². The highest BCUT2D eigenvalue weighted by molar-refractivity contribution is 7.91. The van der Waals surface area contributed by atoms with Gasteiger partial charge in [-0.15, -0.1) is 0 Å². The Morgan fingerprint density at radius 1 is 1.38 bits per heavy atom. The molecule has 21 heavy (non-hydrogen) atoms. The molecule has 2 unspecified atom stereocenters. The van der Waals surface area contributed by atoms with Gasteiger partial charge in [0.25, 0.3) is 5.91 Å². The summed E-state index contributed by atoms with van der Waals surface area (Å²) in [7, 11) is -3.21. The van der Waals surface area contributed by atoms with Crippen molar-refractivity contribution in [2.75, 3.05) is 24.6 Å². The Balaban J connectivity index is 2.16. The van der Waals surface area contributed by atoms with E-state index in [1.54, 1.807) is 6.92 Å². The van der Waals surface area contributed by atoms with Crippen LogP contribution in [0.2, 0.25) is 0 Å². The molecule has 1 saturated heterocycles. The lowest BCUT2D eigenvalue weighted by Gasteiger charge is -2.38. The maximum atomic E-state index is 12.7. The molecule has 3 amide bonds. The van der Waals surface area contributed by atoms with E-state index in [0.29, 0.717) is 13.0 Å². The lowest BCUT2D eigenvalue weighted by atomic mass is 9.72. The molecule has 7 nitrogen and oxygen atoms in total. The van der Waals surface area contributed by atoms with Gasteiger partial charge in [-0.2, -0.15) is 0 Å². The first-order chi connectivity index (χ1) is 9.86. The quantitative estimate of drug-likeness (QED) is 0.686. The number of nitrogens with zero attached hydrogens (tertiary/aromatic N) is 1. The van der Waals surface area contributed by atoms with Crippen molar-refractivity contribution in [3.05, 3.63) is 0 Å². The first kappa shape index (κ1) is 16.2. The highest BCUT2D eigenvalue weighted by Crippen LogP contribution is 2.37. The van der Waals surface area contributed by atoms with Crippen LogP contribution in [0.4, 0.5) is 4.79 Å². The molecule has 2 aliphatic rings. The summed E-state index contributed by atoms with van der Waals surface area (Å²) in [5, 5.41) is 2.79. The van der Waals surface area contributed by atoms with Gasteiger partial charge in [0.2, 0.25) is 0 Å². The average molecular weight is 317 g/mol. The van der Waals surface area contributed by atoms with Gasteiger partial charge in [-0.1, -0.05) is 19.8 Å². The first-order valence-electron chi connectivity index (χ1n) is 7.41. The molecule has 120 valence electrons. The van der Waals surface area contributed by atoms with E-state index in [-0.39, 0.29) is 29.9 Å². The number of urea groups is 1. The van der Waals surface area contributed by atoms with Crippen LogP contribution in [0.25, 0.3) is 0 Å². The summed E-state index contributed by atoms with van der Waals surface area (Å²) >= 11 is 0. The zero-order valence-corrected chi connectivity index (χ0v) is 13.1. The minimum atomic E-state index is -3.21. The molecular formula is C13H23N3O4S. The van der Waals surface area contributed by atoms with Crippen molar-refractivity contribution in [1.82, 2.24) is 10.2 Å². The van der Waals surface area contributed by atoms with Crippen molar-refractivity contribution in [3.63, 3.8) is 0 Å². The highest BCUT2D eigenvalue weighted by Gasteiger charge is 2.55. The molecule has 1 heterocycles. The van der Waals surface area contributed by atoms with Gasteiger partial charge in [0.15, 0.2) is 9.84 Å². The van der Waals surface area contributed by atoms with Crippen LogP contribution in [0.3, 0.4) is 0 Å². The van der Waals surface area contributed by atoms with Crippen molar-refractivity contribution in [2.45, 2.75) is 38.1 Å². The van der Waals surface area contributed by atoms with Crippen LogP contribution in [0, 0.1) is 5.92 Å². The topological polar surface area (TPSA) is 110 Å². The molecule has 2 rings (SSSR count). The highest BCUT2D eigenvalue weighted by atomic mass is 32.2. The fraction of sp³-hybridized carbons (Fsp3) is 0.846. The van der Waals surface area contributed by atoms with E-state index in [0.717, 1.165) is 24.2 Å². The molecule has 1 aliphatic heterocycles. The standard InChI is InChI=1S/C13H23N3O4S/c1-2-21(19,20)8-7-16-11(17)13(15-12(16)18)6-4-3-5-10(13)9-14/h10H,2-9,14H2,1H3,(H,15,18). The Labute approximate surface area is 125 Å². The first-order valence-corrected chi connectivity index (χ1v) is 9.23. The van der Waals surface area contributed by atoms with Crippen LogP contribution in [-0.4, -0.2) is 55.4 Å².